The molecule has 304 valence electrons. The highest BCUT2D eigenvalue weighted by atomic mass is 79.9. The topological polar surface area (TPSA) is 138 Å². The molecule has 60 heavy (non-hydrogen) atoms. The molecule has 0 spiro atoms. The molecule has 2 atom stereocenters. The Morgan fingerprint density at radius 1 is 0.667 bits per heavy atom. The molecule has 8 heterocycles. The molecule has 0 saturated carbocycles. The second-order valence-corrected chi connectivity index (χ2v) is 14.8. The minimum atomic E-state index is -1.63. The van der Waals surface area contributed by atoms with E-state index in [9.17, 15) is 8.78 Å². The summed E-state index contributed by atoms with van der Waals surface area (Å²) in [4.78, 5) is 16.1. The minimum absolute atomic E-state index is 0.0966. The highest BCUT2D eigenvalue weighted by Crippen LogP contribution is 2.43. The van der Waals surface area contributed by atoms with Crippen LogP contribution in [-0.2, 0) is 0 Å². The van der Waals surface area contributed by atoms with E-state index in [4.69, 9.17) is 29.0 Å². The third-order valence-corrected chi connectivity index (χ3v) is 10.8. The summed E-state index contributed by atoms with van der Waals surface area (Å²) in [7, 11) is 1.77. The van der Waals surface area contributed by atoms with Crippen LogP contribution in [0.5, 0.6) is 23.3 Å². The zero-order valence-electron chi connectivity index (χ0n) is 32.5. The lowest BCUT2D eigenvalue weighted by molar-refractivity contribution is 0.263. The standard InChI is InChI=1S/C22H18FN3O2.C17H15BrN2O2.C5H5BFNO2/c1-27-18-5-3-2-4-16(18)17-9-11-28-22-21(17)26-13-15(6-7-20(26)25-22)14-8-10-24-19(23)12-14;1-21-14-5-3-2-4-12(14)13-8-9-22-17-16(13)20-10-11(18)6-7-15(20)19-17;7-5-3-4(6(9)10)1-2-8-5/h2-8,10,12-13,17H,9,11H2,1H3;2-7,10,13H,8-9H2,1H3;1-3,9-10H. The van der Waals surface area contributed by atoms with Crippen LogP contribution in [0.15, 0.2) is 126 Å². The van der Waals surface area contributed by atoms with Crippen molar-refractivity contribution < 1.29 is 37.8 Å². The Kier molecular flexibility index (Phi) is 12.0. The number of hydrogen-bond donors (Lipinski definition) is 2. The summed E-state index contributed by atoms with van der Waals surface area (Å²) in [6.45, 7) is 1.27. The van der Waals surface area contributed by atoms with Crippen LogP contribution in [0, 0.1) is 11.9 Å². The lowest BCUT2D eigenvalue weighted by Crippen LogP contribution is -2.30. The van der Waals surface area contributed by atoms with Crippen molar-refractivity contribution in [3.05, 3.63) is 161 Å². The summed E-state index contributed by atoms with van der Waals surface area (Å²) in [6, 6.07) is 29.6. The quantitative estimate of drug-likeness (QED) is 0.129. The third kappa shape index (κ3) is 8.39. The van der Waals surface area contributed by atoms with Gasteiger partial charge in [-0.05, 0) is 100.0 Å². The molecule has 0 amide bonds. The molecule has 2 aliphatic heterocycles. The van der Waals surface area contributed by atoms with E-state index in [1.54, 1.807) is 20.3 Å². The summed E-state index contributed by atoms with van der Waals surface area (Å²) in [5.41, 5.74) is 7.82. The van der Waals surface area contributed by atoms with Gasteiger partial charge in [-0.15, -0.1) is 0 Å². The van der Waals surface area contributed by atoms with E-state index < -0.39 is 19.0 Å². The fourth-order valence-corrected chi connectivity index (χ4v) is 7.91. The number of benzene rings is 2. The second kappa shape index (κ2) is 17.9. The Hall–Kier alpha value is -6.36. The molecule has 0 aliphatic carbocycles. The van der Waals surface area contributed by atoms with Gasteiger partial charge in [0.15, 0.2) is 0 Å². The molecule has 6 aromatic heterocycles. The van der Waals surface area contributed by atoms with Crippen molar-refractivity contribution in [1.29, 1.82) is 0 Å². The molecule has 0 radical (unpaired) electrons. The lowest BCUT2D eigenvalue weighted by atomic mass is 9.81. The fourth-order valence-electron chi connectivity index (χ4n) is 7.57. The molecule has 0 bridgehead atoms. The summed E-state index contributed by atoms with van der Waals surface area (Å²) in [5, 5.41) is 17.0. The van der Waals surface area contributed by atoms with Gasteiger partial charge in [-0.25, -0.2) is 9.97 Å². The number of hydrogen-bond acceptors (Lipinski definition) is 10. The lowest BCUT2D eigenvalue weighted by Gasteiger charge is -2.24. The van der Waals surface area contributed by atoms with Crippen molar-refractivity contribution in [2.24, 2.45) is 0 Å². The van der Waals surface area contributed by atoms with Gasteiger partial charge in [0.25, 0.3) is 0 Å². The SMILES string of the molecule is COc1ccccc1C1CCOc2nc3ccc(-c4ccnc(F)c4)cn3c21.COc1ccccc1C1CCOc2nc3ccc(Br)cn3c21.OB(O)c1ccnc(F)c1. The van der Waals surface area contributed by atoms with E-state index in [0.717, 1.165) is 80.1 Å². The van der Waals surface area contributed by atoms with Crippen molar-refractivity contribution in [2.45, 2.75) is 24.7 Å². The maximum absolute atomic E-state index is 13.6. The molecule has 8 aromatic rings. The highest BCUT2D eigenvalue weighted by Gasteiger charge is 2.32. The number of pyridine rings is 4. The molecule has 0 saturated heterocycles. The van der Waals surface area contributed by atoms with E-state index in [1.807, 2.05) is 77.5 Å². The summed E-state index contributed by atoms with van der Waals surface area (Å²) in [6.07, 6.45) is 8.40. The number of halogens is 3. The highest BCUT2D eigenvalue weighted by molar-refractivity contribution is 9.10. The largest absolute Gasteiger partial charge is 0.496 e. The Morgan fingerprint density at radius 3 is 1.73 bits per heavy atom. The Bertz CT molecular complexity index is 2790. The van der Waals surface area contributed by atoms with E-state index >= 15 is 0 Å². The number of imidazole rings is 2. The number of ether oxygens (including phenoxy) is 4. The van der Waals surface area contributed by atoms with Gasteiger partial charge in [-0.1, -0.05) is 36.4 Å². The summed E-state index contributed by atoms with van der Waals surface area (Å²) in [5.74, 6) is 2.21. The number of para-hydroxylation sites is 2. The predicted molar refractivity (Wildman–Crippen MR) is 225 cm³/mol. The first-order chi connectivity index (χ1) is 29.2. The van der Waals surface area contributed by atoms with Crippen LogP contribution < -0.4 is 24.4 Å². The number of fused-ring (bicyclic) bond motifs is 6. The smallest absolute Gasteiger partial charge is 0.488 e. The first kappa shape index (κ1) is 40.4. The van der Waals surface area contributed by atoms with Crippen molar-refractivity contribution in [3.63, 3.8) is 0 Å². The van der Waals surface area contributed by atoms with Gasteiger partial charge >= 0.3 is 7.12 Å². The molecule has 12 nitrogen and oxygen atoms in total. The second-order valence-electron chi connectivity index (χ2n) is 13.8. The van der Waals surface area contributed by atoms with Gasteiger partial charge in [0.05, 0.1) is 38.8 Å². The van der Waals surface area contributed by atoms with Crippen LogP contribution in [0.3, 0.4) is 0 Å². The van der Waals surface area contributed by atoms with Crippen LogP contribution in [0.2, 0.25) is 0 Å². The first-order valence-corrected chi connectivity index (χ1v) is 19.8. The monoisotopic (exact) mass is 874 g/mol. The summed E-state index contributed by atoms with van der Waals surface area (Å²) >= 11 is 3.54. The minimum Gasteiger partial charge on any atom is -0.496 e. The molecule has 0 fully saturated rings. The van der Waals surface area contributed by atoms with Crippen LogP contribution >= 0.6 is 15.9 Å². The molecule has 2 aliphatic rings. The number of aromatic nitrogens is 6. The predicted octanol–water partition coefficient (Wildman–Crippen LogP) is 7.38. The van der Waals surface area contributed by atoms with E-state index in [0.29, 0.717) is 19.1 Å². The third-order valence-electron chi connectivity index (χ3n) is 10.3. The summed E-state index contributed by atoms with van der Waals surface area (Å²) < 4.78 is 53.7. The maximum atomic E-state index is 13.6. The van der Waals surface area contributed by atoms with Crippen molar-refractivity contribution in [1.82, 2.24) is 28.7 Å². The Balaban J connectivity index is 0.000000138. The number of nitrogens with zero attached hydrogens (tertiary/aromatic N) is 6. The zero-order valence-corrected chi connectivity index (χ0v) is 34.0. The fraction of sp³-hybridized carbons (Fsp3) is 0.182. The molecule has 2 unspecified atom stereocenters. The molecule has 2 N–H and O–H groups in total. The van der Waals surface area contributed by atoms with Gasteiger partial charge in [0, 0.05) is 58.3 Å². The van der Waals surface area contributed by atoms with E-state index in [-0.39, 0.29) is 17.3 Å². The first-order valence-electron chi connectivity index (χ1n) is 19.0. The van der Waals surface area contributed by atoms with Gasteiger partial charge in [-0.2, -0.15) is 18.7 Å². The van der Waals surface area contributed by atoms with Crippen molar-refractivity contribution >= 4 is 39.8 Å². The van der Waals surface area contributed by atoms with Gasteiger partial charge in [0.2, 0.25) is 23.7 Å². The van der Waals surface area contributed by atoms with Gasteiger partial charge in [0.1, 0.15) is 22.8 Å². The maximum Gasteiger partial charge on any atom is 0.488 e. The Morgan fingerprint density at radius 2 is 1.20 bits per heavy atom. The molecule has 16 heteroatoms. The van der Waals surface area contributed by atoms with Crippen LogP contribution in [0.25, 0.3) is 22.4 Å². The van der Waals surface area contributed by atoms with Crippen molar-refractivity contribution in [3.8, 4) is 34.4 Å². The number of rotatable bonds is 6. The molecular formula is C44H38BBrF2N6O6. The van der Waals surface area contributed by atoms with Crippen molar-refractivity contribution in [2.75, 3.05) is 27.4 Å². The molecule has 2 aromatic carbocycles. The Labute approximate surface area is 352 Å². The van der Waals surface area contributed by atoms with Crippen LogP contribution in [-0.4, -0.2) is 73.3 Å². The average Bonchev–Trinajstić information content (AvgIpc) is 3.84. The molecular weight excluding hydrogens is 837 g/mol. The van der Waals surface area contributed by atoms with E-state index in [1.165, 1.54) is 30.1 Å². The van der Waals surface area contributed by atoms with Crippen LogP contribution in [0.4, 0.5) is 8.78 Å². The zero-order chi connectivity index (χ0) is 41.8. The van der Waals surface area contributed by atoms with Gasteiger partial charge < -0.3 is 29.0 Å². The van der Waals surface area contributed by atoms with E-state index in [2.05, 4.69) is 52.4 Å². The average molecular weight is 876 g/mol. The van der Waals surface area contributed by atoms with Gasteiger partial charge in [-0.3, -0.25) is 8.80 Å². The number of methoxy groups -OCH3 is 2. The van der Waals surface area contributed by atoms with Crippen LogP contribution in [0.1, 0.15) is 47.2 Å². The molecule has 10 rings (SSSR count). The normalized spacial score (nSPS) is 15.2.